The van der Waals surface area contributed by atoms with Gasteiger partial charge >= 0.3 is 0 Å². The fourth-order valence-corrected chi connectivity index (χ4v) is 4.97. The molecule has 1 saturated heterocycles. The Morgan fingerprint density at radius 3 is 2.74 bits per heavy atom. The lowest BCUT2D eigenvalue weighted by molar-refractivity contribution is 0.414. The number of halogens is 2. The van der Waals surface area contributed by atoms with E-state index in [1.165, 1.54) is 12.1 Å². The number of fused-ring (bicyclic) bond motifs is 1. The van der Waals surface area contributed by atoms with Gasteiger partial charge in [0.2, 0.25) is 5.89 Å². The molecule has 0 radical (unpaired) electrons. The van der Waals surface area contributed by atoms with E-state index in [0.29, 0.717) is 48.2 Å². The maximum atomic E-state index is 14.7. The van der Waals surface area contributed by atoms with Gasteiger partial charge in [0.05, 0.1) is 24.4 Å². The van der Waals surface area contributed by atoms with Crippen molar-refractivity contribution < 1.29 is 17.9 Å². The van der Waals surface area contributed by atoms with Crippen molar-refractivity contribution in [2.24, 2.45) is 0 Å². The standard InChI is InChI=1S/C28H26F2N6O2/c1-17-15-38-28(33-17)26-24-13-25(35-11-3-4-23(35)21-12-19(29)7-10-22(21)30)32-16-36(24)34-27(26)31-14-18-5-8-20(37-2)9-6-18/h5-10,12-13,15-16,23H,3-4,11,14H2,1-2H3,(H,31,34). The molecule has 1 aliphatic rings. The molecular formula is C28H26F2N6O2. The van der Waals surface area contributed by atoms with E-state index in [0.717, 1.165) is 35.0 Å². The third-order valence-electron chi connectivity index (χ3n) is 6.83. The van der Waals surface area contributed by atoms with Crippen LogP contribution in [0.15, 0.2) is 65.5 Å². The van der Waals surface area contributed by atoms with E-state index in [-0.39, 0.29) is 6.04 Å². The molecule has 1 aliphatic heterocycles. The zero-order valence-electron chi connectivity index (χ0n) is 21.0. The Kier molecular flexibility index (Phi) is 6.15. The molecule has 10 heteroatoms. The van der Waals surface area contributed by atoms with Gasteiger partial charge in [-0.25, -0.2) is 23.3 Å². The molecule has 0 amide bonds. The van der Waals surface area contributed by atoms with Gasteiger partial charge < -0.3 is 19.4 Å². The Labute approximate surface area is 217 Å². The van der Waals surface area contributed by atoms with Gasteiger partial charge in [-0.15, -0.1) is 5.10 Å². The molecule has 0 aliphatic carbocycles. The number of nitrogens with zero attached hydrogens (tertiary/aromatic N) is 5. The molecular weight excluding hydrogens is 490 g/mol. The van der Waals surface area contributed by atoms with Crippen LogP contribution in [0.25, 0.3) is 17.0 Å². The maximum absolute atomic E-state index is 14.7. The van der Waals surface area contributed by atoms with Gasteiger partial charge in [-0.1, -0.05) is 12.1 Å². The lowest BCUT2D eigenvalue weighted by atomic mass is 10.0. The van der Waals surface area contributed by atoms with E-state index in [1.54, 1.807) is 24.2 Å². The summed E-state index contributed by atoms with van der Waals surface area (Å²) in [7, 11) is 1.63. The predicted molar refractivity (Wildman–Crippen MR) is 139 cm³/mol. The summed E-state index contributed by atoms with van der Waals surface area (Å²) in [5.41, 5.74) is 3.56. The Morgan fingerprint density at radius 1 is 1.13 bits per heavy atom. The molecule has 3 aromatic heterocycles. The van der Waals surface area contributed by atoms with Crippen molar-refractivity contribution in [3.63, 3.8) is 0 Å². The van der Waals surface area contributed by atoms with E-state index in [4.69, 9.17) is 14.3 Å². The van der Waals surface area contributed by atoms with Crippen LogP contribution in [0.3, 0.4) is 0 Å². The summed E-state index contributed by atoms with van der Waals surface area (Å²) < 4.78 is 41.3. The van der Waals surface area contributed by atoms with Gasteiger partial charge in [0, 0.05) is 24.7 Å². The van der Waals surface area contributed by atoms with Crippen LogP contribution in [0.5, 0.6) is 5.75 Å². The highest BCUT2D eigenvalue weighted by atomic mass is 19.1. The van der Waals surface area contributed by atoms with Crippen molar-refractivity contribution in [1.29, 1.82) is 0 Å². The second kappa shape index (κ2) is 9.77. The number of ether oxygens (including phenoxy) is 1. The fourth-order valence-electron chi connectivity index (χ4n) is 4.97. The molecule has 0 saturated carbocycles. The number of aryl methyl sites for hydroxylation is 1. The summed E-state index contributed by atoms with van der Waals surface area (Å²) in [5, 5.41) is 8.10. The van der Waals surface area contributed by atoms with Crippen LogP contribution >= 0.6 is 0 Å². The lowest BCUT2D eigenvalue weighted by Gasteiger charge is -2.26. The largest absolute Gasteiger partial charge is 0.497 e. The summed E-state index contributed by atoms with van der Waals surface area (Å²) in [6.07, 6.45) is 4.76. The normalized spacial score (nSPS) is 15.4. The molecule has 0 spiro atoms. The molecule has 1 fully saturated rings. The third kappa shape index (κ3) is 4.42. The smallest absolute Gasteiger partial charge is 0.232 e. The molecule has 4 heterocycles. The minimum absolute atomic E-state index is 0.316. The van der Waals surface area contributed by atoms with Crippen LogP contribution < -0.4 is 15.0 Å². The van der Waals surface area contributed by atoms with Gasteiger partial charge in [-0.2, -0.15) is 0 Å². The van der Waals surface area contributed by atoms with Crippen LogP contribution in [0.1, 0.15) is 35.7 Å². The number of aromatic nitrogens is 4. The van der Waals surface area contributed by atoms with Gasteiger partial charge in [-0.05, 0) is 55.7 Å². The zero-order valence-corrected chi connectivity index (χ0v) is 21.0. The Morgan fingerprint density at radius 2 is 1.97 bits per heavy atom. The van der Waals surface area contributed by atoms with E-state index in [1.807, 2.05) is 42.2 Å². The Balaban J connectivity index is 1.38. The second-order valence-corrected chi connectivity index (χ2v) is 9.31. The van der Waals surface area contributed by atoms with Gasteiger partial charge in [-0.3, -0.25) is 0 Å². The van der Waals surface area contributed by atoms with Gasteiger partial charge in [0.1, 0.15) is 41.4 Å². The van der Waals surface area contributed by atoms with Crippen LogP contribution in [0.4, 0.5) is 20.4 Å². The number of hydrogen-bond donors (Lipinski definition) is 1. The summed E-state index contributed by atoms with van der Waals surface area (Å²) in [6.45, 7) is 3.06. The van der Waals surface area contributed by atoms with Crippen LogP contribution in [-0.4, -0.2) is 33.2 Å². The van der Waals surface area contributed by atoms with E-state index in [2.05, 4.69) is 15.3 Å². The van der Waals surface area contributed by atoms with Crippen molar-refractivity contribution >= 4 is 17.2 Å². The zero-order chi connectivity index (χ0) is 26.2. The lowest BCUT2D eigenvalue weighted by Crippen LogP contribution is -2.24. The summed E-state index contributed by atoms with van der Waals surface area (Å²) in [4.78, 5) is 11.2. The molecule has 0 bridgehead atoms. The first-order chi connectivity index (χ1) is 18.5. The first-order valence-corrected chi connectivity index (χ1v) is 12.4. The topological polar surface area (TPSA) is 80.7 Å². The van der Waals surface area contributed by atoms with Crippen molar-refractivity contribution in [3.8, 4) is 17.2 Å². The first kappa shape index (κ1) is 23.9. The fraction of sp³-hybridized carbons (Fsp3) is 0.250. The summed E-state index contributed by atoms with van der Waals surface area (Å²) >= 11 is 0. The molecule has 38 heavy (non-hydrogen) atoms. The minimum Gasteiger partial charge on any atom is -0.497 e. The SMILES string of the molecule is COc1ccc(CNc2nn3cnc(N4CCCC4c4cc(F)ccc4F)cc3c2-c2nc(C)co2)cc1. The minimum atomic E-state index is -0.457. The van der Waals surface area contributed by atoms with Gasteiger partial charge in [0.25, 0.3) is 0 Å². The molecule has 1 atom stereocenters. The average molecular weight is 517 g/mol. The number of nitrogens with one attached hydrogen (secondary N) is 1. The molecule has 2 aromatic carbocycles. The molecule has 6 rings (SSSR count). The number of anilines is 2. The molecule has 5 aromatic rings. The number of methoxy groups -OCH3 is 1. The Bertz CT molecular complexity index is 1600. The Hall–Kier alpha value is -4.47. The van der Waals surface area contributed by atoms with Crippen molar-refractivity contribution in [2.75, 3.05) is 23.9 Å². The first-order valence-electron chi connectivity index (χ1n) is 12.4. The number of oxazole rings is 1. The number of hydrogen-bond acceptors (Lipinski definition) is 7. The van der Waals surface area contributed by atoms with Gasteiger partial charge in [0.15, 0.2) is 5.82 Å². The second-order valence-electron chi connectivity index (χ2n) is 9.31. The molecule has 1 unspecified atom stereocenters. The average Bonchev–Trinajstić information content (AvgIpc) is 3.66. The molecule has 1 N–H and O–H groups in total. The van der Waals surface area contributed by atoms with Crippen LogP contribution in [0, 0.1) is 18.6 Å². The van der Waals surface area contributed by atoms with Crippen molar-refractivity contribution in [1.82, 2.24) is 19.6 Å². The van der Waals surface area contributed by atoms with E-state index < -0.39 is 11.6 Å². The quantitative estimate of drug-likeness (QED) is 0.287. The third-order valence-corrected chi connectivity index (χ3v) is 6.83. The maximum Gasteiger partial charge on any atom is 0.232 e. The summed E-state index contributed by atoms with van der Waals surface area (Å²) in [5.74, 6) is 1.58. The highest BCUT2D eigenvalue weighted by Gasteiger charge is 2.30. The molecule has 194 valence electrons. The highest BCUT2D eigenvalue weighted by molar-refractivity contribution is 5.86. The number of benzene rings is 2. The summed E-state index contributed by atoms with van der Waals surface area (Å²) in [6, 6.07) is 13.0. The van der Waals surface area contributed by atoms with E-state index in [9.17, 15) is 8.78 Å². The van der Waals surface area contributed by atoms with Crippen LogP contribution in [-0.2, 0) is 6.54 Å². The van der Waals surface area contributed by atoms with Crippen LogP contribution in [0.2, 0.25) is 0 Å². The predicted octanol–water partition coefficient (Wildman–Crippen LogP) is 5.93. The highest BCUT2D eigenvalue weighted by Crippen LogP contribution is 2.39. The molecule has 8 nitrogen and oxygen atoms in total. The van der Waals surface area contributed by atoms with E-state index >= 15 is 0 Å². The van der Waals surface area contributed by atoms with Crippen molar-refractivity contribution in [3.05, 3.63) is 89.6 Å². The van der Waals surface area contributed by atoms with Crippen molar-refractivity contribution in [2.45, 2.75) is 32.4 Å². The number of rotatable bonds is 7. The monoisotopic (exact) mass is 516 g/mol.